The number of carbonyl (C=O) groups is 1. The molecule has 4 heterocycles. The van der Waals surface area contributed by atoms with Crippen molar-refractivity contribution in [1.29, 1.82) is 0 Å². The van der Waals surface area contributed by atoms with E-state index in [9.17, 15) is 4.79 Å². The molecule has 6 nitrogen and oxygen atoms in total. The normalized spacial score (nSPS) is 19.5. The molecule has 9 heteroatoms. The fourth-order valence-corrected chi connectivity index (χ4v) is 5.28. The van der Waals surface area contributed by atoms with Gasteiger partial charge in [-0.05, 0) is 35.7 Å². The molecular weight excluding hydrogens is 398 g/mol. The highest BCUT2D eigenvalue weighted by Gasteiger charge is 2.34. The maximum absolute atomic E-state index is 12.9. The summed E-state index contributed by atoms with van der Waals surface area (Å²) in [5.74, 6) is 1.75. The van der Waals surface area contributed by atoms with Gasteiger partial charge in [0.25, 0.3) is 5.91 Å². The average molecular weight is 416 g/mol. The van der Waals surface area contributed by atoms with Crippen LogP contribution in [-0.4, -0.2) is 37.6 Å². The predicted molar refractivity (Wildman–Crippen MR) is 108 cm³/mol. The summed E-state index contributed by atoms with van der Waals surface area (Å²) < 4.78 is 0. The number of hydrogen-bond donors (Lipinski definition) is 1. The summed E-state index contributed by atoms with van der Waals surface area (Å²) >= 11 is 4.70. The predicted octanol–water partition coefficient (Wildman–Crippen LogP) is 4.28. The summed E-state index contributed by atoms with van der Waals surface area (Å²) in [6.07, 6.45) is 3.10. The molecule has 1 atom stereocenters. The number of amides is 1. The van der Waals surface area contributed by atoms with Crippen LogP contribution in [0, 0.1) is 0 Å². The van der Waals surface area contributed by atoms with Crippen molar-refractivity contribution in [1.82, 2.24) is 20.2 Å². The van der Waals surface area contributed by atoms with Crippen LogP contribution in [0.25, 0.3) is 0 Å². The van der Waals surface area contributed by atoms with E-state index in [1.807, 2.05) is 22.9 Å². The van der Waals surface area contributed by atoms with Crippen LogP contribution < -0.4 is 0 Å². The van der Waals surface area contributed by atoms with Gasteiger partial charge in [0.2, 0.25) is 5.16 Å². The SMILES string of the molecule is O=C(CSc1n[nH]c(C2CC2)n1)N1N=C(c2cccs2)CC1c1cccs1. The van der Waals surface area contributed by atoms with Crippen molar-refractivity contribution in [3.05, 3.63) is 50.6 Å². The van der Waals surface area contributed by atoms with Crippen molar-refractivity contribution in [2.75, 3.05) is 5.75 Å². The quantitative estimate of drug-likeness (QED) is 0.610. The highest BCUT2D eigenvalue weighted by atomic mass is 32.2. The lowest BCUT2D eigenvalue weighted by Crippen LogP contribution is -2.28. The largest absolute Gasteiger partial charge is 0.272 e. The highest BCUT2D eigenvalue weighted by molar-refractivity contribution is 7.99. The molecule has 1 aliphatic heterocycles. The van der Waals surface area contributed by atoms with Crippen molar-refractivity contribution in [2.24, 2.45) is 5.10 Å². The van der Waals surface area contributed by atoms with Gasteiger partial charge in [-0.1, -0.05) is 23.9 Å². The van der Waals surface area contributed by atoms with E-state index in [-0.39, 0.29) is 17.7 Å². The minimum absolute atomic E-state index is 0.0114. The Hall–Kier alpha value is -1.97. The number of rotatable bonds is 6. The number of carbonyl (C=O) groups excluding carboxylic acids is 1. The lowest BCUT2D eigenvalue weighted by Gasteiger charge is -2.20. The molecule has 2 aliphatic rings. The van der Waals surface area contributed by atoms with Crippen LogP contribution >= 0.6 is 34.4 Å². The topological polar surface area (TPSA) is 74.2 Å². The Morgan fingerprint density at radius 3 is 2.85 bits per heavy atom. The van der Waals surface area contributed by atoms with Gasteiger partial charge in [-0.25, -0.2) is 9.99 Å². The molecule has 1 saturated carbocycles. The number of hydrazone groups is 1. The van der Waals surface area contributed by atoms with Crippen LogP contribution in [-0.2, 0) is 4.79 Å². The third kappa shape index (κ3) is 3.59. The lowest BCUT2D eigenvalue weighted by molar-refractivity contribution is -0.130. The first kappa shape index (κ1) is 17.2. The zero-order chi connectivity index (χ0) is 18.2. The molecule has 0 saturated heterocycles. The van der Waals surface area contributed by atoms with Crippen LogP contribution in [0.2, 0.25) is 0 Å². The van der Waals surface area contributed by atoms with E-state index in [0.29, 0.717) is 11.1 Å². The Labute approximate surface area is 168 Å². The Morgan fingerprint density at radius 2 is 2.11 bits per heavy atom. The van der Waals surface area contributed by atoms with E-state index in [0.717, 1.165) is 27.7 Å². The van der Waals surface area contributed by atoms with Crippen LogP contribution in [0.15, 0.2) is 45.3 Å². The van der Waals surface area contributed by atoms with E-state index >= 15 is 0 Å². The summed E-state index contributed by atoms with van der Waals surface area (Å²) in [5, 5.41) is 18.3. The van der Waals surface area contributed by atoms with Gasteiger partial charge in [0, 0.05) is 17.2 Å². The fourth-order valence-electron chi connectivity index (χ4n) is 3.09. The molecule has 0 spiro atoms. The average Bonchev–Trinajstić information content (AvgIpc) is 3.22. The monoisotopic (exact) mass is 415 g/mol. The lowest BCUT2D eigenvalue weighted by atomic mass is 10.1. The summed E-state index contributed by atoms with van der Waals surface area (Å²) in [6, 6.07) is 8.15. The molecule has 3 aromatic heterocycles. The molecule has 27 heavy (non-hydrogen) atoms. The molecule has 138 valence electrons. The van der Waals surface area contributed by atoms with Gasteiger partial charge in [-0.3, -0.25) is 9.89 Å². The Morgan fingerprint density at radius 1 is 1.26 bits per heavy atom. The van der Waals surface area contributed by atoms with Gasteiger partial charge in [0.15, 0.2) is 0 Å². The number of aromatic nitrogens is 3. The van der Waals surface area contributed by atoms with Gasteiger partial charge < -0.3 is 0 Å². The van der Waals surface area contributed by atoms with Gasteiger partial charge >= 0.3 is 0 Å². The number of nitrogens with zero attached hydrogens (tertiary/aromatic N) is 4. The van der Waals surface area contributed by atoms with E-state index < -0.39 is 0 Å². The van der Waals surface area contributed by atoms with Crippen molar-refractivity contribution in [2.45, 2.75) is 36.4 Å². The summed E-state index contributed by atoms with van der Waals surface area (Å²) in [4.78, 5) is 19.7. The Bertz CT molecular complexity index is 959. The second kappa shape index (κ2) is 7.21. The van der Waals surface area contributed by atoms with Crippen molar-refractivity contribution in [3.8, 4) is 0 Å². The van der Waals surface area contributed by atoms with Crippen LogP contribution in [0.3, 0.4) is 0 Å². The second-order valence-corrected chi connectivity index (χ2v) is 9.43. The zero-order valence-electron chi connectivity index (χ0n) is 14.4. The molecule has 1 aliphatic carbocycles. The van der Waals surface area contributed by atoms with Crippen LogP contribution in [0.5, 0.6) is 0 Å². The van der Waals surface area contributed by atoms with Gasteiger partial charge in [0.1, 0.15) is 5.82 Å². The molecule has 1 amide bonds. The minimum Gasteiger partial charge on any atom is -0.272 e. The second-order valence-electron chi connectivity index (χ2n) is 6.56. The highest BCUT2D eigenvalue weighted by Crippen LogP contribution is 2.39. The summed E-state index contributed by atoms with van der Waals surface area (Å²) in [5.41, 5.74) is 0.982. The van der Waals surface area contributed by atoms with Crippen molar-refractivity contribution < 1.29 is 4.79 Å². The maximum Gasteiger partial charge on any atom is 0.253 e. The summed E-state index contributed by atoms with van der Waals surface area (Å²) in [7, 11) is 0. The number of nitrogens with one attached hydrogen (secondary N) is 1. The number of aromatic amines is 1. The first-order chi connectivity index (χ1) is 13.3. The zero-order valence-corrected chi connectivity index (χ0v) is 16.8. The molecule has 1 fully saturated rings. The van der Waals surface area contributed by atoms with E-state index in [1.165, 1.54) is 24.6 Å². The van der Waals surface area contributed by atoms with Crippen LogP contribution in [0.1, 0.15) is 46.8 Å². The Kier molecular flexibility index (Phi) is 4.58. The molecule has 1 N–H and O–H groups in total. The molecule has 5 rings (SSSR count). The molecule has 3 aromatic rings. The van der Waals surface area contributed by atoms with Gasteiger partial charge in [-0.15, -0.1) is 27.8 Å². The maximum atomic E-state index is 12.9. The fraction of sp³-hybridized carbons (Fsp3) is 0.333. The minimum atomic E-state index is -0.0237. The molecule has 0 bridgehead atoms. The molecule has 1 unspecified atom stereocenters. The number of H-pyrrole nitrogens is 1. The van der Waals surface area contributed by atoms with E-state index in [1.54, 1.807) is 27.7 Å². The van der Waals surface area contributed by atoms with E-state index in [2.05, 4.69) is 32.4 Å². The molecular formula is C18H17N5OS3. The third-order valence-corrected chi connectivity index (χ3v) is 7.34. The molecule has 0 aromatic carbocycles. The molecule has 0 radical (unpaired) electrons. The van der Waals surface area contributed by atoms with E-state index in [4.69, 9.17) is 0 Å². The Balaban J connectivity index is 1.32. The first-order valence-electron chi connectivity index (χ1n) is 8.80. The van der Waals surface area contributed by atoms with Gasteiger partial charge in [0.05, 0.1) is 22.4 Å². The van der Waals surface area contributed by atoms with Crippen molar-refractivity contribution >= 4 is 46.1 Å². The smallest absolute Gasteiger partial charge is 0.253 e. The standard InChI is InChI=1S/C18H17N5OS3/c24-16(10-27-18-19-17(20-21-18)11-5-6-11)23-13(15-4-2-8-26-15)9-12(22-23)14-3-1-7-25-14/h1-4,7-8,11,13H,5-6,9-10H2,(H,19,20,21). The third-order valence-electron chi connectivity index (χ3n) is 4.61. The summed E-state index contributed by atoms with van der Waals surface area (Å²) in [6.45, 7) is 0. The van der Waals surface area contributed by atoms with Crippen molar-refractivity contribution in [3.63, 3.8) is 0 Å². The van der Waals surface area contributed by atoms with Crippen LogP contribution in [0.4, 0.5) is 0 Å². The number of thiophene rings is 2. The first-order valence-corrected chi connectivity index (χ1v) is 11.5. The van der Waals surface area contributed by atoms with Gasteiger partial charge in [-0.2, -0.15) is 5.10 Å². The number of hydrogen-bond acceptors (Lipinski definition) is 7. The number of thioether (sulfide) groups is 1.